The maximum Gasteiger partial charge on any atom is 0.215 e. The van der Waals surface area contributed by atoms with Crippen LogP contribution in [0.3, 0.4) is 0 Å². The molecule has 0 amide bonds. The molecule has 1 aliphatic rings. The largest absolute Gasteiger partial charge is 0.340 e. The topological polar surface area (TPSA) is 30.5 Å². The van der Waals surface area contributed by atoms with Crippen molar-refractivity contribution in [2.24, 2.45) is 0 Å². The zero-order valence-electron chi connectivity index (χ0n) is 5.02. The predicted molar refractivity (Wildman–Crippen MR) is 29.4 cm³/mol. The first-order chi connectivity index (χ1) is 3.93. The van der Waals surface area contributed by atoms with Crippen LogP contribution in [-0.2, 0) is 9.47 Å². The van der Waals surface area contributed by atoms with E-state index in [0.29, 0.717) is 0 Å². The van der Waals surface area contributed by atoms with E-state index in [0.717, 1.165) is 19.6 Å². The van der Waals surface area contributed by atoms with E-state index < -0.39 is 0 Å². The summed E-state index contributed by atoms with van der Waals surface area (Å²) in [6.07, 6.45) is 0.849. The zero-order valence-corrected chi connectivity index (χ0v) is 5.02. The quantitative estimate of drug-likeness (QED) is 0.521. The molecule has 0 bridgehead atoms. The van der Waals surface area contributed by atoms with Gasteiger partial charge in [0, 0.05) is 0 Å². The molecule has 1 rings (SSSR count). The Kier molecular flexibility index (Phi) is 2.27. The Hall–Kier alpha value is -0.120. The summed E-state index contributed by atoms with van der Waals surface area (Å²) in [6, 6.07) is 0. The summed E-state index contributed by atoms with van der Waals surface area (Å²) in [5, 5.41) is 2.86. The number of hydrogen-bond acceptors (Lipinski definition) is 3. The van der Waals surface area contributed by atoms with Crippen molar-refractivity contribution < 1.29 is 9.47 Å². The Labute approximate surface area is 49.0 Å². The SMILES string of the molecule is CNC1OCCCO1. The van der Waals surface area contributed by atoms with Gasteiger partial charge in [-0.15, -0.1) is 0 Å². The minimum atomic E-state index is -0.163. The molecule has 1 N–H and O–H groups in total. The summed E-state index contributed by atoms with van der Waals surface area (Å²) in [7, 11) is 1.82. The lowest BCUT2D eigenvalue weighted by molar-refractivity contribution is -0.191. The Bertz CT molecular complexity index is 61.4. The van der Waals surface area contributed by atoms with Crippen LogP contribution in [0.15, 0.2) is 0 Å². The van der Waals surface area contributed by atoms with Gasteiger partial charge in [0.1, 0.15) is 0 Å². The molecule has 0 aromatic rings. The van der Waals surface area contributed by atoms with Gasteiger partial charge in [-0.2, -0.15) is 0 Å². The molecular weight excluding hydrogens is 106 g/mol. The molecule has 1 saturated heterocycles. The van der Waals surface area contributed by atoms with E-state index in [1.807, 2.05) is 7.05 Å². The molecule has 1 fully saturated rings. The van der Waals surface area contributed by atoms with Gasteiger partial charge >= 0.3 is 0 Å². The Morgan fingerprint density at radius 3 is 2.38 bits per heavy atom. The molecule has 3 nitrogen and oxygen atoms in total. The van der Waals surface area contributed by atoms with Gasteiger partial charge in [-0.1, -0.05) is 0 Å². The molecule has 48 valence electrons. The van der Waals surface area contributed by atoms with Gasteiger partial charge in [0.2, 0.25) is 6.41 Å². The molecule has 0 spiro atoms. The Balaban J connectivity index is 2.13. The van der Waals surface area contributed by atoms with Crippen LogP contribution in [0.4, 0.5) is 0 Å². The smallest absolute Gasteiger partial charge is 0.215 e. The van der Waals surface area contributed by atoms with Crippen molar-refractivity contribution in [3.8, 4) is 0 Å². The summed E-state index contributed by atoms with van der Waals surface area (Å²) in [5.74, 6) is 0. The minimum Gasteiger partial charge on any atom is -0.340 e. The normalized spacial score (nSPS) is 23.6. The number of ether oxygens (including phenoxy) is 2. The van der Waals surface area contributed by atoms with Gasteiger partial charge in [0.25, 0.3) is 0 Å². The highest BCUT2D eigenvalue weighted by Crippen LogP contribution is 1.99. The molecule has 0 saturated carbocycles. The van der Waals surface area contributed by atoms with E-state index in [-0.39, 0.29) is 6.41 Å². The number of rotatable bonds is 1. The average Bonchev–Trinajstić information content (AvgIpc) is 1.90. The van der Waals surface area contributed by atoms with Crippen molar-refractivity contribution in [3.63, 3.8) is 0 Å². The molecule has 8 heavy (non-hydrogen) atoms. The first-order valence-corrected chi connectivity index (χ1v) is 2.84. The number of hydrogen-bond donors (Lipinski definition) is 1. The highest BCUT2D eigenvalue weighted by Gasteiger charge is 2.09. The second-order valence-electron chi connectivity index (χ2n) is 1.72. The average molecular weight is 117 g/mol. The maximum atomic E-state index is 5.09. The fourth-order valence-corrected chi connectivity index (χ4v) is 0.654. The van der Waals surface area contributed by atoms with E-state index in [1.54, 1.807) is 0 Å². The fourth-order valence-electron chi connectivity index (χ4n) is 0.654. The van der Waals surface area contributed by atoms with E-state index in [2.05, 4.69) is 5.32 Å². The van der Waals surface area contributed by atoms with Crippen LogP contribution in [0.1, 0.15) is 6.42 Å². The lowest BCUT2D eigenvalue weighted by Crippen LogP contribution is -2.35. The van der Waals surface area contributed by atoms with Gasteiger partial charge in [-0.05, 0) is 13.5 Å². The second kappa shape index (κ2) is 3.02. The zero-order chi connectivity index (χ0) is 5.82. The van der Waals surface area contributed by atoms with Crippen LogP contribution >= 0.6 is 0 Å². The van der Waals surface area contributed by atoms with E-state index in [1.165, 1.54) is 0 Å². The van der Waals surface area contributed by atoms with E-state index in [9.17, 15) is 0 Å². The maximum absolute atomic E-state index is 5.09. The molecule has 0 aromatic carbocycles. The van der Waals surface area contributed by atoms with Crippen LogP contribution in [0.25, 0.3) is 0 Å². The van der Waals surface area contributed by atoms with Gasteiger partial charge < -0.3 is 9.47 Å². The van der Waals surface area contributed by atoms with Crippen LogP contribution in [0, 0.1) is 0 Å². The van der Waals surface area contributed by atoms with Crippen molar-refractivity contribution in [1.29, 1.82) is 0 Å². The van der Waals surface area contributed by atoms with Gasteiger partial charge in [-0.3, -0.25) is 5.32 Å². The summed E-state index contributed by atoms with van der Waals surface area (Å²) >= 11 is 0. The third-order valence-electron chi connectivity index (χ3n) is 1.06. The molecule has 0 aromatic heterocycles. The lowest BCUT2D eigenvalue weighted by atomic mass is 10.5. The van der Waals surface area contributed by atoms with Crippen molar-refractivity contribution >= 4 is 0 Å². The van der Waals surface area contributed by atoms with Gasteiger partial charge in [-0.25, -0.2) is 0 Å². The standard InChI is InChI=1S/C5H11NO2/c1-6-5-7-3-2-4-8-5/h5-6H,2-4H2,1H3. The van der Waals surface area contributed by atoms with E-state index in [4.69, 9.17) is 9.47 Å². The van der Waals surface area contributed by atoms with Crippen molar-refractivity contribution in [3.05, 3.63) is 0 Å². The van der Waals surface area contributed by atoms with Crippen LogP contribution < -0.4 is 5.32 Å². The van der Waals surface area contributed by atoms with Crippen LogP contribution in [-0.4, -0.2) is 26.7 Å². The lowest BCUT2D eigenvalue weighted by Gasteiger charge is -2.21. The summed E-state index contributed by atoms with van der Waals surface area (Å²) in [6.45, 7) is 1.62. The molecule has 0 unspecified atom stereocenters. The molecular formula is C5H11NO2. The fraction of sp³-hybridized carbons (Fsp3) is 1.00. The Morgan fingerprint density at radius 1 is 1.38 bits per heavy atom. The van der Waals surface area contributed by atoms with Crippen LogP contribution in [0.5, 0.6) is 0 Å². The van der Waals surface area contributed by atoms with E-state index >= 15 is 0 Å². The molecule has 0 aliphatic carbocycles. The van der Waals surface area contributed by atoms with Crippen LogP contribution in [0.2, 0.25) is 0 Å². The van der Waals surface area contributed by atoms with Crippen molar-refractivity contribution in [2.45, 2.75) is 12.8 Å². The summed E-state index contributed by atoms with van der Waals surface area (Å²) < 4.78 is 10.2. The molecule has 1 heterocycles. The second-order valence-corrected chi connectivity index (χ2v) is 1.72. The Morgan fingerprint density at radius 2 is 2.00 bits per heavy atom. The monoisotopic (exact) mass is 117 g/mol. The first-order valence-electron chi connectivity index (χ1n) is 2.84. The summed E-state index contributed by atoms with van der Waals surface area (Å²) in [4.78, 5) is 0. The number of nitrogens with one attached hydrogen (secondary N) is 1. The molecule has 1 aliphatic heterocycles. The molecule has 0 radical (unpaired) electrons. The third-order valence-corrected chi connectivity index (χ3v) is 1.06. The van der Waals surface area contributed by atoms with Gasteiger partial charge in [0.05, 0.1) is 13.2 Å². The first kappa shape index (κ1) is 6.01. The summed E-state index contributed by atoms with van der Waals surface area (Å²) in [5.41, 5.74) is 0. The van der Waals surface area contributed by atoms with Crippen molar-refractivity contribution in [1.82, 2.24) is 5.32 Å². The minimum absolute atomic E-state index is 0.163. The predicted octanol–water partition coefficient (Wildman–Crippen LogP) is -0.0737. The molecule has 3 heteroatoms. The highest BCUT2D eigenvalue weighted by atomic mass is 16.7. The third kappa shape index (κ3) is 1.43. The molecule has 0 atom stereocenters. The van der Waals surface area contributed by atoms with Gasteiger partial charge in [0.15, 0.2) is 0 Å². The highest BCUT2D eigenvalue weighted by molar-refractivity contribution is 4.44. The van der Waals surface area contributed by atoms with Crippen molar-refractivity contribution in [2.75, 3.05) is 20.3 Å².